The van der Waals surface area contributed by atoms with Gasteiger partial charge in [0.25, 0.3) is 0 Å². The van der Waals surface area contributed by atoms with Crippen molar-refractivity contribution in [3.05, 3.63) is 22.7 Å². The van der Waals surface area contributed by atoms with Crippen LogP contribution in [0.1, 0.15) is 24.8 Å². The number of benzene rings is 1. The highest BCUT2D eigenvalue weighted by molar-refractivity contribution is 6.34. The summed E-state index contributed by atoms with van der Waals surface area (Å²) in [7, 11) is 0. The fourth-order valence-corrected chi connectivity index (χ4v) is 2.94. The van der Waals surface area contributed by atoms with E-state index < -0.39 is 5.41 Å². The summed E-state index contributed by atoms with van der Waals surface area (Å²) in [5.74, 6) is -0.137. The Bertz CT molecular complexity index is 591. The molecule has 5 nitrogen and oxygen atoms in total. The Balaban J connectivity index is 1.83. The lowest BCUT2D eigenvalue weighted by molar-refractivity contribution is -0.129. The molecule has 2 aliphatic rings. The second kappa shape index (κ2) is 4.75. The molecule has 0 aromatic heterocycles. The van der Waals surface area contributed by atoms with Gasteiger partial charge in [0, 0.05) is 12.2 Å². The Labute approximate surface area is 121 Å². The van der Waals surface area contributed by atoms with Crippen LogP contribution < -0.4 is 16.4 Å². The van der Waals surface area contributed by atoms with E-state index in [1.165, 1.54) is 0 Å². The van der Waals surface area contributed by atoms with Crippen molar-refractivity contribution in [1.29, 1.82) is 0 Å². The maximum Gasteiger partial charge on any atom is 0.231 e. The van der Waals surface area contributed by atoms with Crippen LogP contribution in [-0.2, 0) is 16.0 Å². The summed E-state index contributed by atoms with van der Waals surface area (Å²) >= 11 is 6.16. The maximum absolute atomic E-state index is 12.3. The van der Waals surface area contributed by atoms with Crippen LogP contribution in [0.15, 0.2) is 12.1 Å². The zero-order chi connectivity index (χ0) is 14.3. The van der Waals surface area contributed by atoms with Gasteiger partial charge in [-0.2, -0.15) is 0 Å². The predicted octanol–water partition coefficient (Wildman–Crippen LogP) is 1.90. The summed E-state index contributed by atoms with van der Waals surface area (Å²) < 4.78 is 0. The van der Waals surface area contributed by atoms with Crippen molar-refractivity contribution in [2.45, 2.75) is 25.7 Å². The summed E-state index contributed by atoms with van der Waals surface area (Å²) in [5.41, 5.74) is 7.39. The van der Waals surface area contributed by atoms with Crippen LogP contribution in [-0.4, -0.2) is 18.4 Å². The number of hydrogen-bond acceptors (Lipinski definition) is 3. The van der Waals surface area contributed by atoms with Gasteiger partial charge in [-0.05, 0) is 30.5 Å². The average molecular weight is 294 g/mol. The van der Waals surface area contributed by atoms with Crippen LogP contribution in [0.3, 0.4) is 0 Å². The molecule has 4 N–H and O–H groups in total. The Kier molecular flexibility index (Phi) is 3.18. The highest BCUT2D eigenvalue weighted by Gasteiger charge is 2.43. The van der Waals surface area contributed by atoms with Crippen LogP contribution in [0.4, 0.5) is 11.4 Å². The number of nitrogens with one attached hydrogen (secondary N) is 2. The lowest BCUT2D eigenvalue weighted by Gasteiger charge is -2.39. The molecule has 0 atom stereocenters. The molecule has 1 heterocycles. The highest BCUT2D eigenvalue weighted by Crippen LogP contribution is 2.42. The van der Waals surface area contributed by atoms with Gasteiger partial charge in [-0.1, -0.05) is 18.0 Å². The third-order valence-corrected chi connectivity index (χ3v) is 4.56. The molecule has 0 saturated heterocycles. The van der Waals surface area contributed by atoms with Gasteiger partial charge in [0.05, 0.1) is 22.5 Å². The largest absolute Gasteiger partial charge is 0.329 e. The van der Waals surface area contributed by atoms with E-state index in [0.29, 0.717) is 23.7 Å². The van der Waals surface area contributed by atoms with Crippen LogP contribution in [0.25, 0.3) is 0 Å². The van der Waals surface area contributed by atoms with Crippen molar-refractivity contribution in [3.63, 3.8) is 0 Å². The van der Waals surface area contributed by atoms with Gasteiger partial charge in [0.2, 0.25) is 11.8 Å². The summed E-state index contributed by atoms with van der Waals surface area (Å²) in [6, 6.07) is 3.43. The minimum absolute atomic E-state index is 0.0584. The molecule has 3 rings (SSSR count). The van der Waals surface area contributed by atoms with E-state index >= 15 is 0 Å². The first-order valence-electron chi connectivity index (χ1n) is 6.68. The second-order valence-corrected chi connectivity index (χ2v) is 5.91. The molecule has 0 unspecified atom stereocenters. The molecule has 0 radical (unpaired) electrons. The average Bonchev–Trinajstić information content (AvgIpc) is 2.68. The minimum atomic E-state index is -0.448. The number of carbonyl (C=O) groups excluding carboxylic acids is 2. The molecule has 1 aliphatic heterocycles. The molecular weight excluding hydrogens is 278 g/mol. The molecule has 0 spiro atoms. The third-order valence-electron chi connectivity index (χ3n) is 4.25. The number of fused-ring (bicyclic) bond motifs is 1. The minimum Gasteiger partial charge on any atom is -0.329 e. The summed E-state index contributed by atoms with van der Waals surface area (Å²) in [6.07, 6.45) is 2.98. The van der Waals surface area contributed by atoms with Gasteiger partial charge in [-0.25, -0.2) is 0 Å². The third kappa shape index (κ3) is 2.07. The first-order valence-corrected chi connectivity index (χ1v) is 7.06. The number of carbonyl (C=O) groups is 2. The molecule has 1 saturated carbocycles. The molecule has 1 aliphatic carbocycles. The van der Waals surface area contributed by atoms with E-state index in [2.05, 4.69) is 10.6 Å². The summed E-state index contributed by atoms with van der Waals surface area (Å²) in [4.78, 5) is 23.7. The van der Waals surface area contributed by atoms with Gasteiger partial charge in [-0.15, -0.1) is 0 Å². The van der Waals surface area contributed by atoms with Crippen molar-refractivity contribution >= 4 is 34.8 Å². The van der Waals surface area contributed by atoms with Gasteiger partial charge in [0.15, 0.2) is 0 Å². The van der Waals surface area contributed by atoms with Crippen molar-refractivity contribution in [1.82, 2.24) is 0 Å². The molecule has 20 heavy (non-hydrogen) atoms. The number of hydrogen-bond donors (Lipinski definition) is 3. The summed E-state index contributed by atoms with van der Waals surface area (Å²) in [6.45, 7) is 0.349. The molecule has 6 heteroatoms. The van der Waals surface area contributed by atoms with Gasteiger partial charge < -0.3 is 16.4 Å². The van der Waals surface area contributed by atoms with E-state index in [0.717, 1.165) is 30.5 Å². The summed E-state index contributed by atoms with van der Waals surface area (Å²) in [5, 5.41) is 6.01. The van der Waals surface area contributed by atoms with Crippen LogP contribution in [0.2, 0.25) is 5.02 Å². The van der Waals surface area contributed by atoms with Gasteiger partial charge in [0.1, 0.15) is 0 Å². The maximum atomic E-state index is 12.3. The highest BCUT2D eigenvalue weighted by atomic mass is 35.5. The second-order valence-electron chi connectivity index (χ2n) is 5.51. The first-order chi connectivity index (χ1) is 9.54. The van der Waals surface area contributed by atoms with E-state index in [1.54, 1.807) is 12.1 Å². The van der Waals surface area contributed by atoms with Gasteiger partial charge in [-0.3, -0.25) is 9.59 Å². The molecule has 106 valence electrons. The fourth-order valence-electron chi connectivity index (χ4n) is 2.73. The number of anilines is 2. The molecular formula is C14H16ClN3O2. The standard InChI is InChI=1S/C14H16ClN3O2/c15-9-6-10-8(5-12(19)17-10)4-11(9)18-13(20)14(7-16)2-1-3-14/h4,6H,1-3,5,7,16H2,(H,17,19)(H,18,20). The SMILES string of the molecule is NCC1(C(=O)Nc2cc3c(cc2Cl)NC(=O)C3)CCC1. The Hall–Kier alpha value is -1.59. The van der Waals surface area contributed by atoms with Crippen LogP contribution in [0.5, 0.6) is 0 Å². The molecule has 1 fully saturated rings. The number of amides is 2. The van der Waals surface area contributed by atoms with E-state index in [-0.39, 0.29) is 11.8 Å². The predicted molar refractivity (Wildman–Crippen MR) is 77.8 cm³/mol. The van der Waals surface area contributed by atoms with Crippen LogP contribution >= 0.6 is 11.6 Å². The number of halogens is 1. The molecule has 2 amide bonds. The van der Waals surface area contributed by atoms with E-state index in [4.69, 9.17) is 17.3 Å². The zero-order valence-corrected chi connectivity index (χ0v) is 11.7. The smallest absolute Gasteiger partial charge is 0.231 e. The molecule has 1 aromatic carbocycles. The monoisotopic (exact) mass is 293 g/mol. The fraction of sp³-hybridized carbons (Fsp3) is 0.429. The number of nitrogens with two attached hydrogens (primary N) is 1. The van der Waals surface area contributed by atoms with E-state index in [9.17, 15) is 9.59 Å². The van der Waals surface area contributed by atoms with Crippen molar-refractivity contribution in [3.8, 4) is 0 Å². The lowest BCUT2D eigenvalue weighted by atomic mass is 9.68. The van der Waals surface area contributed by atoms with Crippen LogP contribution in [0, 0.1) is 5.41 Å². The van der Waals surface area contributed by atoms with Crippen molar-refractivity contribution in [2.24, 2.45) is 11.1 Å². The first kappa shape index (κ1) is 13.4. The lowest BCUT2D eigenvalue weighted by Crippen LogP contribution is -2.47. The molecule has 0 bridgehead atoms. The number of rotatable bonds is 3. The van der Waals surface area contributed by atoms with E-state index in [1.807, 2.05) is 0 Å². The zero-order valence-electron chi connectivity index (χ0n) is 11.0. The van der Waals surface area contributed by atoms with Gasteiger partial charge >= 0.3 is 0 Å². The van der Waals surface area contributed by atoms with Crippen molar-refractivity contribution < 1.29 is 9.59 Å². The van der Waals surface area contributed by atoms with Crippen molar-refractivity contribution in [2.75, 3.05) is 17.2 Å². The Morgan fingerprint density at radius 1 is 1.45 bits per heavy atom. The Morgan fingerprint density at radius 2 is 2.20 bits per heavy atom. The quantitative estimate of drug-likeness (QED) is 0.796. The topological polar surface area (TPSA) is 84.2 Å². The Morgan fingerprint density at radius 3 is 2.80 bits per heavy atom. The normalized spacial score (nSPS) is 19.0. The molecule has 1 aromatic rings.